The second-order valence-corrected chi connectivity index (χ2v) is 5.65. The quantitative estimate of drug-likeness (QED) is 0.904. The third-order valence-corrected chi connectivity index (χ3v) is 4.13. The third-order valence-electron chi connectivity index (χ3n) is 3.27. The van der Waals surface area contributed by atoms with Crippen LogP contribution in [0.1, 0.15) is 31.4 Å². The summed E-state index contributed by atoms with van der Waals surface area (Å²) in [5.41, 5.74) is 2.26. The molecule has 0 saturated heterocycles. The average molecular weight is 274 g/mol. The van der Waals surface area contributed by atoms with Gasteiger partial charge in [0, 0.05) is 12.6 Å². The number of hydrogen-bond acceptors (Lipinski definition) is 4. The van der Waals surface area contributed by atoms with Gasteiger partial charge in [0.1, 0.15) is 5.76 Å². The largest absolute Gasteiger partial charge is 0.496 e. The molecule has 1 unspecified atom stereocenters. The number of aromatic nitrogens is 1. The summed E-state index contributed by atoms with van der Waals surface area (Å²) in [6, 6.07) is 4.42. The van der Waals surface area contributed by atoms with Crippen LogP contribution < -0.4 is 5.32 Å². The van der Waals surface area contributed by atoms with Gasteiger partial charge < -0.3 is 10.1 Å². The predicted molar refractivity (Wildman–Crippen MR) is 79.3 cm³/mol. The maximum atomic E-state index is 5.73. The van der Waals surface area contributed by atoms with Gasteiger partial charge in [0.25, 0.3) is 0 Å². The Bertz CT molecular complexity index is 591. The first-order valence-electron chi connectivity index (χ1n) is 6.78. The maximum absolute atomic E-state index is 5.73. The Morgan fingerprint density at radius 2 is 2.47 bits per heavy atom. The lowest BCUT2D eigenvalue weighted by atomic mass is 10.1. The van der Waals surface area contributed by atoms with Crippen molar-refractivity contribution in [3.05, 3.63) is 41.1 Å². The number of rotatable bonds is 5. The van der Waals surface area contributed by atoms with E-state index in [1.807, 2.05) is 6.20 Å². The molecular formula is C15H18N2OS. The van der Waals surface area contributed by atoms with Crippen LogP contribution in [0.4, 0.5) is 0 Å². The van der Waals surface area contributed by atoms with E-state index in [-0.39, 0.29) is 6.04 Å². The SMILES string of the molecule is CCCNC(C1=CCCO1)c1cnc2ccsc2c1. The molecule has 0 radical (unpaired) electrons. The molecule has 0 aromatic carbocycles. The number of hydrogen-bond donors (Lipinski definition) is 1. The lowest BCUT2D eigenvalue weighted by Gasteiger charge is -2.19. The number of thiophene rings is 1. The molecule has 1 aliphatic rings. The summed E-state index contributed by atoms with van der Waals surface area (Å²) in [5.74, 6) is 1.05. The summed E-state index contributed by atoms with van der Waals surface area (Å²) in [6.07, 6.45) is 6.27. The van der Waals surface area contributed by atoms with Gasteiger partial charge in [-0.3, -0.25) is 4.98 Å². The van der Waals surface area contributed by atoms with Crippen molar-refractivity contribution in [2.24, 2.45) is 0 Å². The highest BCUT2D eigenvalue weighted by molar-refractivity contribution is 7.17. The molecule has 0 spiro atoms. The number of pyridine rings is 1. The normalized spacial score (nSPS) is 16.4. The molecule has 4 heteroatoms. The molecule has 3 heterocycles. The van der Waals surface area contributed by atoms with Crippen molar-refractivity contribution in [2.75, 3.05) is 13.2 Å². The fourth-order valence-corrected chi connectivity index (χ4v) is 3.12. The molecular weight excluding hydrogens is 256 g/mol. The van der Waals surface area contributed by atoms with Gasteiger partial charge in [-0.15, -0.1) is 11.3 Å². The molecule has 0 amide bonds. The minimum absolute atomic E-state index is 0.140. The van der Waals surface area contributed by atoms with Crippen LogP contribution in [0.25, 0.3) is 10.2 Å². The zero-order valence-corrected chi connectivity index (χ0v) is 11.9. The first-order chi connectivity index (χ1) is 9.38. The summed E-state index contributed by atoms with van der Waals surface area (Å²) in [7, 11) is 0. The van der Waals surface area contributed by atoms with E-state index in [1.165, 1.54) is 10.3 Å². The molecule has 0 aliphatic carbocycles. The van der Waals surface area contributed by atoms with Crippen molar-refractivity contribution in [1.29, 1.82) is 0 Å². The highest BCUT2D eigenvalue weighted by Crippen LogP contribution is 2.29. The Hall–Kier alpha value is -1.39. The minimum Gasteiger partial charge on any atom is -0.496 e. The van der Waals surface area contributed by atoms with Crippen LogP contribution in [0.15, 0.2) is 35.5 Å². The van der Waals surface area contributed by atoms with Crippen molar-refractivity contribution in [3.8, 4) is 0 Å². The van der Waals surface area contributed by atoms with Crippen molar-refractivity contribution < 1.29 is 4.74 Å². The second kappa shape index (κ2) is 5.72. The molecule has 19 heavy (non-hydrogen) atoms. The zero-order valence-electron chi connectivity index (χ0n) is 11.1. The minimum atomic E-state index is 0.140. The highest BCUT2D eigenvalue weighted by atomic mass is 32.1. The molecule has 2 aromatic heterocycles. The Morgan fingerprint density at radius 3 is 3.26 bits per heavy atom. The van der Waals surface area contributed by atoms with E-state index in [0.29, 0.717) is 0 Å². The summed E-state index contributed by atoms with van der Waals surface area (Å²) in [5, 5.41) is 5.64. The lowest BCUT2D eigenvalue weighted by Crippen LogP contribution is -2.24. The number of fused-ring (bicyclic) bond motifs is 1. The molecule has 100 valence electrons. The van der Waals surface area contributed by atoms with E-state index in [2.05, 4.69) is 40.8 Å². The van der Waals surface area contributed by atoms with Gasteiger partial charge in [0.15, 0.2) is 0 Å². The number of nitrogens with one attached hydrogen (secondary N) is 1. The van der Waals surface area contributed by atoms with Crippen LogP contribution in [0.3, 0.4) is 0 Å². The van der Waals surface area contributed by atoms with Gasteiger partial charge in [-0.05, 0) is 42.1 Å². The number of ether oxygens (including phenoxy) is 1. The Morgan fingerprint density at radius 1 is 1.53 bits per heavy atom. The first kappa shape index (κ1) is 12.6. The van der Waals surface area contributed by atoms with E-state index < -0.39 is 0 Å². The van der Waals surface area contributed by atoms with Crippen LogP contribution in [0.2, 0.25) is 0 Å². The number of nitrogens with zero attached hydrogens (tertiary/aromatic N) is 1. The third kappa shape index (κ3) is 2.65. The maximum Gasteiger partial charge on any atom is 0.114 e. The van der Waals surface area contributed by atoms with Gasteiger partial charge in [-0.1, -0.05) is 6.92 Å². The van der Waals surface area contributed by atoms with Crippen molar-refractivity contribution >= 4 is 21.6 Å². The van der Waals surface area contributed by atoms with E-state index >= 15 is 0 Å². The van der Waals surface area contributed by atoms with E-state index in [4.69, 9.17) is 4.74 Å². The summed E-state index contributed by atoms with van der Waals surface area (Å²) in [4.78, 5) is 4.53. The summed E-state index contributed by atoms with van der Waals surface area (Å²) < 4.78 is 6.97. The molecule has 3 nitrogen and oxygen atoms in total. The molecule has 1 N–H and O–H groups in total. The van der Waals surface area contributed by atoms with Crippen molar-refractivity contribution in [2.45, 2.75) is 25.8 Å². The monoisotopic (exact) mass is 274 g/mol. The molecule has 3 rings (SSSR count). The summed E-state index contributed by atoms with van der Waals surface area (Å²) >= 11 is 1.73. The molecule has 0 saturated carbocycles. The van der Waals surface area contributed by atoms with E-state index in [1.54, 1.807) is 11.3 Å². The van der Waals surface area contributed by atoms with E-state index in [9.17, 15) is 0 Å². The van der Waals surface area contributed by atoms with E-state index in [0.717, 1.165) is 37.3 Å². The highest BCUT2D eigenvalue weighted by Gasteiger charge is 2.20. The second-order valence-electron chi connectivity index (χ2n) is 4.70. The smallest absolute Gasteiger partial charge is 0.114 e. The van der Waals surface area contributed by atoms with Crippen molar-refractivity contribution in [3.63, 3.8) is 0 Å². The fraction of sp³-hybridized carbons (Fsp3) is 0.400. The van der Waals surface area contributed by atoms with Crippen LogP contribution >= 0.6 is 11.3 Å². The summed E-state index contributed by atoms with van der Waals surface area (Å²) in [6.45, 7) is 3.96. The molecule has 2 aromatic rings. The Balaban J connectivity index is 1.92. The topological polar surface area (TPSA) is 34.1 Å². The van der Waals surface area contributed by atoms with Crippen LogP contribution in [0, 0.1) is 0 Å². The van der Waals surface area contributed by atoms with Crippen LogP contribution in [-0.2, 0) is 4.74 Å². The first-order valence-corrected chi connectivity index (χ1v) is 7.66. The Kier molecular flexibility index (Phi) is 3.80. The van der Waals surface area contributed by atoms with Gasteiger partial charge in [0.05, 0.1) is 22.9 Å². The van der Waals surface area contributed by atoms with Gasteiger partial charge in [-0.2, -0.15) is 0 Å². The molecule has 0 fully saturated rings. The predicted octanol–water partition coefficient (Wildman–Crippen LogP) is 3.64. The van der Waals surface area contributed by atoms with Crippen LogP contribution in [0.5, 0.6) is 0 Å². The van der Waals surface area contributed by atoms with Crippen molar-refractivity contribution in [1.82, 2.24) is 10.3 Å². The standard InChI is InChI=1S/C15H18N2OS/c1-2-6-16-15(13-4-3-7-18-13)11-9-14-12(17-10-11)5-8-19-14/h4-5,8-10,15-16H,2-3,6-7H2,1H3. The fourth-order valence-electron chi connectivity index (χ4n) is 2.33. The molecule has 1 atom stereocenters. The zero-order chi connectivity index (χ0) is 13.1. The van der Waals surface area contributed by atoms with Gasteiger partial charge in [-0.25, -0.2) is 0 Å². The molecule has 0 bridgehead atoms. The average Bonchev–Trinajstić information content (AvgIpc) is 3.09. The van der Waals surface area contributed by atoms with Gasteiger partial charge in [0.2, 0.25) is 0 Å². The molecule has 1 aliphatic heterocycles. The van der Waals surface area contributed by atoms with Gasteiger partial charge >= 0.3 is 0 Å². The van der Waals surface area contributed by atoms with Crippen LogP contribution in [-0.4, -0.2) is 18.1 Å². The Labute approximate surface area is 117 Å². The lowest BCUT2D eigenvalue weighted by molar-refractivity contribution is 0.215.